The molecule has 0 spiro atoms. The van der Waals surface area contributed by atoms with Gasteiger partial charge in [-0.3, -0.25) is 9.59 Å². The van der Waals surface area contributed by atoms with E-state index in [1.807, 2.05) is 30.3 Å². The lowest BCUT2D eigenvalue weighted by Crippen LogP contribution is -2.17. The molecule has 0 aliphatic carbocycles. The maximum atomic E-state index is 12.4. The molecule has 2 heterocycles. The van der Waals surface area contributed by atoms with E-state index in [0.717, 1.165) is 35.1 Å². The highest BCUT2D eigenvalue weighted by molar-refractivity contribution is 8.14. The van der Waals surface area contributed by atoms with Crippen molar-refractivity contribution in [2.24, 2.45) is 0 Å². The SMILES string of the molecule is O=C(O)Cn1c2c(c3cc(Cc4ccccc4)ccc31)CCSC2=O. The minimum Gasteiger partial charge on any atom is -0.480 e. The number of carbonyl (C=O) groups is 2. The van der Waals surface area contributed by atoms with Crippen LogP contribution in [0.15, 0.2) is 48.5 Å². The van der Waals surface area contributed by atoms with Gasteiger partial charge in [-0.15, -0.1) is 0 Å². The van der Waals surface area contributed by atoms with Crippen LogP contribution in [0.4, 0.5) is 0 Å². The first-order valence-electron chi connectivity index (χ1n) is 8.20. The lowest BCUT2D eigenvalue weighted by Gasteiger charge is -2.12. The average Bonchev–Trinajstić information content (AvgIpc) is 2.90. The largest absolute Gasteiger partial charge is 0.480 e. The second-order valence-electron chi connectivity index (χ2n) is 6.21. The molecule has 5 heteroatoms. The van der Waals surface area contributed by atoms with Crippen LogP contribution in [-0.2, 0) is 24.2 Å². The second-order valence-corrected chi connectivity index (χ2v) is 7.27. The van der Waals surface area contributed by atoms with Crippen LogP contribution in [0.25, 0.3) is 10.9 Å². The Morgan fingerprint density at radius 1 is 1.12 bits per heavy atom. The van der Waals surface area contributed by atoms with Crippen LogP contribution in [0.2, 0.25) is 0 Å². The van der Waals surface area contributed by atoms with E-state index in [4.69, 9.17) is 0 Å². The summed E-state index contributed by atoms with van der Waals surface area (Å²) in [5.41, 5.74) is 4.78. The molecule has 1 N–H and O–H groups in total. The maximum Gasteiger partial charge on any atom is 0.323 e. The number of hydrogen-bond acceptors (Lipinski definition) is 3. The van der Waals surface area contributed by atoms with Crippen LogP contribution >= 0.6 is 11.8 Å². The van der Waals surface area contributed by atoms with Crippen molar-refractivity contribution in [3.63, 3.8) is 0 Å². The number of carboxylic acids is 1. The Hall–Kier alpha value is -2.53. The topological polar surface area (TPSA) is 59.3 Å². The van der Waals surface area contributed by atoms with Crippen LogP contribution in [0.5, 0.6) is 0 Å². The third kappa shape index (κ3) is 2.96. The van der Waals surface area contributed by atoms with Crippen LogP contribution in [0, 0.1) is 0 Å². The Morgan fingerprint density at radius 2 is 1.92 bits per heavy atom. The van der Waals surface area contributed by atoms with E-state index < -0.39 is 5.97 Å². The molecule has 0 saturated carbocycles. The van der Waals surface area contributed by atoms with Crippen molar-refractivity contribution in [3.8, 4) is 0 Å². The quantitative estimate of drug-likeness (QED) is 0.778. The van der Waals surface area contributed by atoms with Gasteiger partial charge in [-0.25, -0.2) is 0 Å². The maximum absolute atomic E-state index is 12.4. The standard InChI is InChI=1S/C20H17NO3S/c22-18(23)12-21-17-7-6-14(10-13-4-2-1-3-5-13)11-16(17)15-8-9-25-20(24)19(15)21/h1-7,11H,8-10,12H2,(H,22,23). The molecule has 0 atom stereocenters. The molecule has 0 bridgehead atoms. The molecule has 25 heavy (non-hydrogen) atoms. The fourth-order valence-corrected chi connectivity index (χ4v) is 4.37. The van der Waals surface area contributed by atoms with Crippen molar-refractivity contribution in [1.82, 2.24) is 4.57 Å². The van der Waals surface area contributed by atoms with Gasteiger partial charge in [-0.2, -0.15) is 0 Å². The fraction of sp³-hybridized carbons (Fsp3) is 0.200. The monoisotopic (exact) mass is 351 g/mol. The zero-order chi connectivity index (χ0) is 17.4. The average molecular weight is 351 g/mol. The number of carbonyl (C=O) groups excluding carboxylic acids is 1. The molecule has 2 aromatic carbocycles. The third-order valence-electron chi connectivity index (χ3n) is 4.56. The molecular formula is C20H17NO3S. The summed E-state index contributed by atoms with van der Waals surface area (Å²) < 4.78 is 1.66. The number of aryl methyl sites for hydroxylation is 1. The van der Waals surface area contributed by atoms with Gasteiger partial charge >= 0.3 is 5.97 Å². The van der Waals surface area contributed by atoms with Gasteiger partial charge in [0.1, 0.15) is 12.2 Å². The van der Waals surface area contributed by atoms with Gasteiger partial charge in [-0.05, 0) is 41.7 Å². The summed E-state index contributed by atoms with van der Waals surface area (Å²) in [6, 6.07) is 16.3. The zero-order valence-electron chi connectivity index (χ0n) is 13.6. The predicted octanol–water partition coefficient (Wildman–Crippen LogP) is 3.75. The number of hydrogen-bond donors (Lipinski definition) is 1. The number of aromatic nitrogens is 1. The van der Waals surface area contributed by atoms with E-state index >= 15 is 0 Å². The summed E-state index contributed by atoms with van der Waals surface area (Å²) in [5.74, 6) is -0.183. The van der Waals surface area contributed by atoms with Crippen molar-refractivity contribution in [2.45, 2.75) is 19.4 Å². The van der Waals surface area contributed by atoms with Crippen molar-refractivity contribution in [3.05, 3.63) is 70.9 Å². The first-order valence-corrected chi connectivity index (χ1v) is 9.19. The number of nitrogens with zero attached hydrogens (tertiary/aromatic N) is 1. The van der Waals surface area contributed by atoms with Crippen LogP contribution in [0.3, 0.4) is 0 Å². The Labute approximate surface area is 149 Å². The summed E-state index contributed by atoms with van der Waals surface area (Å²) in [7, 11) is 0. The first kappa shape index (κ1) is 16.0. The van der Waals surface area contributed by atoms with Crippen LogP contribution < -0.4 is 0 Å². The number of carboxylic acid groups (broad SMARTS) is 1. The molecule has 0 fully saturated rings. The minimum absolute atomic E-state index is 0.0247. The summed E-state index contributed by atoms with van der Waals surface area (Å²) in [6.45, 7) is -0.184. The van der Waals surface area contributed by atoms with Gasteiger partial charge in [-0.1, -0.05) is 48.2 Å². The number of thioether (sulfide) groups is 1. The fourth-order valence-electron chi connectivity index (χ4n) is 3.51. The highest BCUT2D eigenvalue weighted by atomic mass is 32.2. The third-order valence-corrected chi connectivity index (χ3v) is 5.42. The molecule has 0 saturated heterocycles. The summed E-state index contributed by atoms with van der Waals surface area (Å²) in [6.07, 6.45) is 1.61. The lowest BCUT2D eigenvalue weighted by atomic mass is 10.0. The molecule has 4 rings (SSSR count). The van der Waals surface area contributed by atoms with E-state index in [2.05, 4.69) is 18.2 Å². The van der Waals surface area contributed by atoms with Gasteiger partial charge in [0, 0.05) is 16.7 Å². The van der Waals surface area contributed by atoms with Gasteiger partial charge < -0.3 is 9.67 Å². The van der Waals surface area contributed by atoms with Gasteiger partial charge in [0.15, 0.2) is 0 Å². The number of benzene rings is 2. The summed E-state index contributed by atoms with van der Waals surface area (Å²) >= 11 is 1.27. The Morgan fingerprint density at radius 3 is 2.68 bits per heavy atom. The molecular weight excluding hydrogens is 334 g/mol. The number of fused-ring (bicyclic) bond motifs is 3. The molecule has 0 radical (unpaired) electrons. The normalized spacial score (nSPS) is 13.8. The smallest absolute Gasteiger partial charge is 0.323 e. The van der Waals surface area contributed by atoms with Crippen molar-refractivity contribution >= 4 is 33.7 Å². The lowest BCUT2D eigenvalue weighted by molar-refractivity contribution is -0.137. The van der Waals surface area contributed by atoms with Gasteiger partial charge in [0.25, 0.3) is 0 Å². The Balaban J connectivity index is 1.84. The zero-order valence-corrected chi connectivity index (χ0v) is 14.4. The van der Waals surface area contributed by atoms with Crippen LogP contribution in [-0.4, -0.2) is 26.5 Å². The molecule has 1 aliphatic heterocycles. The van der Waals surface area contributed by atoms with Crippen LogP contribution in [0.1, 0.15) is 27.2 Å². The van der Waals surface area contributed by atoms with Crippen molar-refractivity contribution < 1.29 is 14.7 Å². The van der Waals surface area contributed by atoms with E-state index in [1.54, 1.807) is 4.57 Å². The number of aliphatic carboxylic acids is 1. The molecule has 1 aromatic heterocycles. The van der Waals surface area contributed by atoms with E-state index in [1.165, 1.54) is 22.9 Å². The summed E-state index contributed by atoms with van der Waals surface area (Å²) in [4.78, 5) is 23.7. The van der Waals surface area contributed by atoms with Gasteiger partial charge in [0.2, 0.25) is 5.12 Å². The Kier molecular flexibility index (Phi) is 4.09. The molecule has 1 aliphatic rings. The highest BCUT2D eigenvalue weighted by Gasteiger charge is 2.27. The summed E-state index contributed by atoms with van der Waals surface area (Å²) in [5, 5.41) is 10.2. The molecule has 3 aromatic rings. The second kappa shape index (κ2) is 6.41. The first-order chi connectivity index (χ1) is 12.1. The Bertz CT molecular complexity index is 976. The van der Waals surface area contributed by atoms with Gasteiger partial charge in [0.05, 0.1) is 0 Å². The van der Waals surface area contributed by atoms with Crippen molar-refractivity contribution in [2.75, 3.05) is 5.75 Å². The van der Waals surface area contributed by atoms with Crippen molar-refractivity contribution in [1.29, 1.82) is 0 Å². The predicted molar refractivity (Wildman–Crippen MR) is 99.3 cm³/mol. The molecule has 126 valence electrons. The van der Waals surface area contributed by atoms with E-state index in [9.17, 15) is 14.7 Å². The van der Waals surface area contributed by atoms with E-state index in [-0.39, 0.29) is 11.7 Å². The molecule has 4 nitrogen and oxygen atoms in total. The molecule has 0 unspecified atom stereocenters. The highest BCUT2D eigenvalue weighted by Crippen LogP contribution is 2.34. The molecule has 0 amide bonds. The number of rotatable bonds is 4. The van der Waals surface area contributed by atoms with E-state index in [0.29, 0.717) is 5.69 Å². The minimum atomic E-state index is -0.934.